The lowest BCUT2D eigenvalue weighted by atomic mass is 10.1. The summed E-state index contributed by atoms with van der Waals surface area (Å²) in [5.41, 5.74) is 2.56. The minimum atomic E-state index is -0.523. The molecule has 8 heteroatoms. The first-order valence-corrected chi connectivity index (χ1v) is 8.61. The summed E-state index contributed by atoms with van der Waals surface area (Å²) in [7, 11) is 0. The van der Waals surface area contributed by atoms with Crippen LogP contribution in [0, 0.1) is 36.7 Å². The minimum Gasteiger partial charge on any atom is -0.319 e. The van der Waals surface area contributed by atoms with Gasteiger partial charge in [0, 0.05) is 5.56 Å². The summed E-state index contributed by atoms with van der Waals surface area (Å²) in [5, 5.41) is 18.0. The normalized spacial score (nSPS) is 10.7. The number of aryl methyl sites for hydroxylation is 2. The first kappa shape index (κ1) is 19.2. The Morgan fingerprint density at radius 2 is 1.93 bits per heavy atom. The molecule has 0 saturated carbocycles. The Kier molecular flexibility index (Phi) is 5.21. The van der Waals surface area contributed by atoms with Gasteiger partial charge in [-0.25, -0.2) is 4.39 Å². The molecule has 0 radical (unpaired) electrons. The molecule has 144 valence electrons. The van der Waals surface area contributed by atoms with Gasteiger partial charge in [0.15, 0.2) is 0 Å². The summed E-state index contributed by atoms with van der Waals surface area (Å²) < 4.78 is 15.5. The molecule has 0 atom stereocenters. The minimum absolute atomic E-state index is 0.0382. The smallest absolute Gasteiger partial charge is 0.312 e. The summed E-state index contributed by atoms with van der Waals surface area (Å²) in [5.74, 6) is -0.985. The molecule has 2 aromatic carbocycles. The van der Waals surface area contributed by atoms with Gasteiger partial charge in [0.2, 0.25) is 0 Å². The zero-order valence-corrected chi connectivity index (χ0v) is 15.7. The van der Waals surface area contributed by atoms with E-state index in [9.17, 15) is 19.3 Å². The third kappa shape index (κ3) is 3.75. The maximum absolute atomic E-state index is 14.0. The Morgan fingerprint density at radius 1 is 1.21 bits per heavy atom. The van der Waals surface area contributed by atoms with E-state index in [-0.39, 0.29) is 17.9 Å². The molecule has 1 amide bonds. The van der Waals surface area contributed by atoms with E-state index in [4.69, 9.17) is 0 Å². The van der Waals surface area contributed by atoms with Gasteiger partial charge in [0.1, 0.15) is 17.2 Å². The molecule has 0 bridgehead atoms. The van der Waals surface area contributed by atoms with Gasteiger partial charge in [0.05, 0.1) is 17.2 Å². The van der Waals surface area contributed by atoms with Gasteiger partial charge in [-0.15, -0.1) is 0 Å². The van der Waals surface area contributed by atoms with Crippen molar-refractivity contribution in [2.45, 2.75) is 27.3 Å². The molecule has 28 heavy (non-hydrogen) atoms. The zero-order chi connectivity index (χ0) is 20.4. The fourth-order valence-electron chi connectivity index (χ4n) is 3.07. The number of hydrogen-bond acceptors (Lipinski definition) is 4. The lowest BCUT2D eigenvalue weighted by molar-refractivity contribution is -0.386. The van der Waals surface area contributed by atoms with Crippen LogP contribution in [0.5, 0.6) is 0 Å². The average Bonchev–Trinajstić information content (AvgIpc) is 2.92. The van der Waals surface area contributed by atoms with Crippen molar-refractivity contribution in [3.63, 3.8) is 0 Å². The third-order valence-electron chi connectivity index (χ3n) is 4.48. The number of hydrogen-bond donors (Lipinski definition) is 1. The molecule has 1 N–H and O–H groups in total. The van der Waals surface area contributed by atoms with E-state index in [0.29, 0.717) is 22.5 Å². The highest BCUT2D eigenvalue weighted by Crippen LogP contribution is 2.24. The van der Waals surface area contributed by atoms with Crippen LogP contribution in [0.1, 0.15) is 32.9 Å². The van der Waals surface area contributed by atoms with Crippen molar-refractivity contribution < 1.29 is 14.1 Å². The first-order chi connectivity index (χ1) is 13.3. The summed E-state index contributed by atoms with van der Waals surface area (Å²) in [4.78, 5) is 23.5. The van der Waals surface area contributed by atoms with E-state index >= 15 is 0 Å². The standard InChI is InChI=1S/C20H19FN4O3/c1-12-8-9-17(21)18(10-12)22-20(26)16-7-5-4-6-15(16)11-24-14(3)19(25(27)28)13(2)23-24/h4-10H,11H2,1-3H3,(H,22,26). The highest BCUT2D eigenvalue weighted by atomic mass is 19.1. The second-order valence-corrected chi connectivity index (χ2v) is 6.53. The van der Waals surface area contributed by atoms with E-state index in [1.807, 2.05) is 0 Å². The number of nitrogens with zero attached hydrogens (tertiary/aromatic N) is 3. The van der Waals surface area contributed by atoms with Crippen LogP contribution in [-0.2, 0) is 6.54 Å². The molecule has 0 fully saturated rings. The molecule has 1 heterocycles. The second kappa shape index (κ2) is 7.59. The topological polar surface area (TPSA) is 90.1 Å². The lowest BCUT2D eigenvalue weighted by Crippen LogP contribution is -2.17. The van der Waals surface area contributed by atoms with Crippen LogP contribution in [0.15, 0.2) is 42.5 Å². The molecular formula is C20H19FN4O3. The number of nitro groups is 1. The Labute approximate surface area is 161 Å². The number of halogens is 1. The van der Waals surface area contributed by atoms with Crippen LogP contribution in [-0.4, -0.2) is 20.6 Å². The quantitative estimate of drug-likeness (QED) is 0.530. The Morgan fingerprint density at radius 3 is 2.61 bits per heavy atom. The number of carbonyl (C=O) groups is 1. The third-order valence-corrected chi connectivity index (χ3v) is 4.48. The van der Waals surface area contributed by atoms with Crippen molar-refractivity contribution in [2.75, 3.05) is 5.32 Å². The number of benzene rings is 2. The maximum atomic E-state index is 14.0. The van der Waals surface area contributed by atoms with Gasteiger partial charge in [-0.1, -0.05) is 24.3 Å². The lowest BCUT2D eigenvalue weighted by Gasteiger charge is -2.12. The van der Waals surface area contributed by atoms with Crippen molar-refractivity contribution in [1.29, 1.82) is 0 Å². The second-order valence-electron chi connectivity index (χ2n) is 6.53. The van der Waals surface area contributed by atoms with E-state index in [2.05, 4.69) is 10.4 Å². The van der Waals surface area contributed by atoms with E-state index in [0.717, 1.165) is 5.56 Å². The molecule has 0 saturated heterocycles. The Balaban J connectivity index is 1.92. The van der Waals surface area contributed by atoms with Crippen molar-refractivity contribution in [3.05, 3.63) is 86.5 Å². The van der Waals surface area contributed by atoms with Gasteiger partial charge < -0.3 is 5.32 Å². The van der Waals surface area contributed by atoms with Gasteiger partial charge in [-0.3, -0.25) is 19.6 Å². The molecule has 0 aliphatic rings. The van der Waals surface area contributed by atoms with Crippen molar-refractivity contribution in [2.24, 2.45) is 0 Å². The highest BCUT2D eigenvalue weighted by Gasteiger charge is 2.23. The SMILES string of the molecule is Cc1ccc(F)c(NC(=O)c2ccccc2Cn2nc(C)c([N+](=O)[O-])c2C)c1. The molecular weight excluding hydrogens is 363 g/mol. The van der Waals surface area contributed by atoms with E-state index < -0.39 is 16.6 Å². The van der Waals surface area contributed by atoms with Gasteiger partial charge in [-0.2, -0.15) is 5.10 Å². The summed E-state index contributed by atoms with van der Waals surface area (Å²) >= 11 is 0. The van der Waals surface area contributed by atoms with Crippen LogP contribution in [0.2, 0.25) is 0 Å². The molecule has 1 aromatic heterocycles. The largest absolute Gasteiger partial charge is 0.319 e. The van der Waals surface area contributed by atoms with Gasteiger partial charge in [-0.05, 0) is 50.1 Å². The molecule has 3 rings (SSSR count). The van der Waals surface area contributed by atoms with Gasteiger partial charge in [0.25, 0.3) is 5.91 Å². The monoisotopic (exact) mass is 382 g/mol. The predicted molar refractivity (Wildman–Crippen MR) is 103 cm³/mol. The Hall–Kier alpha value is -3.55. The molecule has 0 aliphatic carbocycles. The van der Waals surface area contributed by atoms with Gasteiger partial charge >= 0.3 is 5.69 Å². The van der Waals surface area contributed by atoms with Crippen LogP contribution in [0.25, 0.3) is 0 Å². The highest BCUT2D eigenvalue weighted by molar-refractivity contribution is 6.05. The summed E-state index contributed by atoms with van der Waals surface area (Å²) in [6.07, 6.45) is 0. The fourth-order valence-corrected chi connectivity index (χ4v) is 3.07. The van der Waals surface area contributed by atoms with Crippen LogP contribution in [0.3, 0.4) is 0 Å². The molecule has 3 aromatic rings. The predicted octanol–water partition coefficient (Wildman–Crippen LogP) is 4.16. The average molecular weight is 382 g/mol. The molecule has 0 aliphatic heterocycles. The Bertz CT molecular complexity index is 1080. The number of rotatable bonds is 5. The number of anilines is 1. The van der Waals surface area contributed by atoms with E-state index in [1.165, 1.54) is 10.7 Å². The molecule has 0 spiro atoms. The number of carbonyl (C=O) groups excluding carboxylic acids is 1. The number of nitrogens with one attached hydrogen (secondary N) is 1. The van der Waals surface area contributed by atoms with Crippen molar-refractivity contribution >= 4 is 17.3 Å². The van der Waals surface area contributed by atoms with Crippen LogP contribution in [0.4, 0.5) is 15.8 Å². The summed E-state index contributed by atoms with van der Waals surface area (Å²) in [6.45, 7) is 5.17. The maximum Gasteiger partial charge on any atom is 0.312 e. The molecule has 7 nitrogen and oxygen atoms in total. The first-order valence-electron chi connectivity index (χ1n) is 8.61. The van der Waals surface area contributed by atoms with Crippen LogP contribution >= 0.6 is 0 Å². The fraction of sp³-hybridized carbons (Fsp3) is 0.200. The van der Waals surface area contributed by atoms with Crippen LogP contribution < -0.4 is 5.32 Å². The van der Waals surface area contributed by atoms with Crippen molar-refractivity contribution in [1.82, 2.24) is 9.78 Å². The van der Waals surface area contributed by atoms with Crippen molar-refractivity contribution in [3.8, 4) is 0 Å². The number of amides is 1. The van der Waals surface area contributed by atoms with E-state index in [1.54, 1.807) is 57.2 Å². The number of aromatic nitrogens is 2. The summed E-state index contributed by atoms with van der Waals surface area (Å²) in [6, 6.07) is 11.3. The molecule has 0 unspecified atom stereocenters. The zero-order valence-electron chi connectivity index (χ0n) is 15.7.